The number of nitrogens with one attached hydrogen (secondary N) is 1. The van der Waals surface area contributed by atoms with E-state index in [-0.39, 0.29) is 18.3 Å². The van der Waals surface area contributed by atoms with Gasteiger partial charge in [-0.15, -0.1) is 16.8 Å². The van der Waals surface area contributed by atoms with Gasteiger partial charge in [0.05, 0.1) is 5.75 Å². The van der Waals surface area contributed by atoms with Gasteiger partial charge in [0.2, 0.25) is 5.91 Å². The number of hydrogen-bond acceptors (Lipinski definition) is 5. The molecule has 1 aromatic heterocycles. The maximum atomic E-state index is 12.3. The average Bonchev–Trinajstić information content (AvgIpc) is 3.08. The Balaban J connectivity index is 1.63. The Morgan fingerprint density at radius 2 is 2.10 bits per heavy atom. The molecule has 1 heterocycles. The zero-order chi connectivity index (χ0) is 21.5. The molecule has 0 aliphatic heterocycles. The van der Waals surface area contributed by atoms with Gasteiger partial charge < -0.3 is 10.1 Å². The van der Waals surface area contributed by atoms with E-state index in [0.717, 1.165) is 11.3 Å². The Hall–Kier alpha value is -2.77. The lowest BCUT2D eigenvalue weighted by atomic mass is 10.1. The van der Waals surface area contributed by atoms with Crippen molar-refractivity contribution in [2.75, 3.05) is 11.1 Å². The van der Waals surface area contributed by atoms with Gasteiger partial charge in [-0.3, -0.25) is 9.36 Å². The normalized spacial score (nSPS) is 10.6. The third kappa shape index (κ3) is 5.87. The van der Waals surface area contributed by atoms with Crippen molar-refractivity contribution in [1.29, 1.82) is 0 Å². The highest BCUT2D eigenvalue weighted by Gasteiger charge is 2.15. The van der Waals surface area contributed by atoms with Crippen LogP contribution in [0.5, 0.6) is 5.75 Å². The van der Waals surface area contributed by atoms with E-state index < -0.39 is 0 Å². The molecular weight excluding hydrogens is 420 g/mol. The van der Waals surface area contributed by atoms with Crippen LogP contribution < -0.4 is 10.1 Å². The van der Waals surface area contributed by atoms with Crippen molar-refractivity contribution in [2.24, 2.45) is 0 Å². The molecule has 156 valence electrons. The molecule has 3 aromatic rings. The van der Waals surface area contributed by atoms with Crippen molar-refractivity contribution >= 4 is 35.0 Å². The number of aryl methyl sites for hydroxylation is 2. The van der Waals surface area contributed by atoms with Crippen molar-refractivity contribution in [3.63, 3.8) is 0 Å². The lowest BCUT2D eigenvalue weighted by molar-refractivity contribution is -0.113. The predicted octanol–water partition coefficient (Wildman–Crippen LogP) is 5.04. The van der Waals surface area contributed by atoms with E-state index in [9.17, 15) is 4.79 Å². The molecular formula is C22H23ClN4O2S. The summed E-state index contributed by atoms with van der Waals surface area (Å²) in [6.45, 7) is 8.66. The van der Waals surface area contributed by atoms with Crippen molar-refractivity contribution < 1.29 is 9.53 Å². The number of halogens is 1. The summed E-state index contributed by atoms with van der Waals surface area (Å²) in [6, 6.07) is 13.1. The summed E-state index contributed by atoms with van der Waals surface area (Å²) < 4.78 is 7.83. The van der Waals surface area contributed by atoms with Gasteiger partial charge in [0.25, 0.3) is 0 Å². The van der Waals surface area contributed by atoms with Gasteiger partial charge in [-0.1, -0.05) is 53.2 Å². The zero-order valence-electron chi connectivity index (χ0n) is 16.9. The molecule has 0 aliphatic rings. The SMILES string of the molecule is C=CCn1c(COc2ccc(C)cc2C)nnc1SCC(=O)Nc1cccc(Cl)c1. The molecule has 0 saturated heterocycles. The fourth-order valence-corrected chi connectivity index (χ4v) is 3.80. The molecule has 0 fully saturated rings. The molecule has 0 aliphatic carbocycles. The summed E-state index contributed by atoms with van der Waals surface area (Å²) in [7, 11) is 0. The molecule has 0 radical (unpaired) electrons. The van der Waals surface area contributed by atoms with Crippen LogP contribution in [0.25, 0.3) is 0 Å². The number of anilines is 1. The van der Waals surface area contributed by atoms with Crippen LogP contribution in [0.15, 0.2) is 60.3 Å². The topological polar surface area (TPSA) is 69.0 Å². The van der Waals surface area contributed by atoms with Crippen molar-refractivity contribution in [1.82, 2.24) is 14.8 Å². The van der Waals surface area contributed by atoms with Crippen LogP contribution in [0, 0.1) is 13.8 Å². The standard InChI is InChI=1S/C22H23ClN4O2S/c1-4-10-27-20(13-29-19-9-8-15(2)11-16(19)3)25-26-22(27)30-14-21(28)24-18-7-5-6-17(23)12-18/h4-9,11-12H,1,10,13-14H2,2-3H3,(H,24,28). The summed E-state index contributed by atoms with van der Waals surface area (Å²) in [5.74, 6) is 1.53. The average molecular weight is 443 g/mol. The molecule has 0 saturated carbocycles. The first-order chi connectivity index (χ1) is 14.5. The lowest BCUT2D eigenvalue weighted by Gasteiger charge is -2.11. The van der Waals surface area contributed by atoms with E-state index in [1.807, 2.05) is 30.5 Å². The quantitative estimate of drug-likeness (QED) is 0.371. The second-order valence-corrected chi connectivity index (χ2v) is 8.08. The van der Waals surface area contributed by atoms with Crippen LogP contribution in [-0.2, 0) is 17.9 Å². The number of amides is 1. The van der Waals surface area contributed by atoms with Gasteiger partial charge in [0, 0.05) is 17.3 Å². The number of nitrogens with zero attached hydrogens (tertiary/aromatic N) is 3. The number of carbonyl (C=O) groups is 1. The molecule has 0 bridgehead atoms. The third-order valence-electron chi connectivity index (χ3n) is 4.23. The van der Waals surface area contributed by atoms with Crippen molar-refractivity contribution in [3.8, 4) is 5.75 Å². The Morgan fingerprint density at radius 3 is 2.83 bits per heavy atom. The highest BCUT2D eigenvalue weighted by molar-refractivity contribution is 7.99. The van der Waals surface area contributed by atoms with Crippen LogP contribution in [0.4, 0.5) is 5.69 Å². The number of rotatable bonds is 9. The number of ether oxygens (including phenoxy) is 1. The van der Waals surface area contributed by atoms with E-state index in [4.69, 9.17) is 16.3 Å². The predicted molar refractivity (Wildman–Crippen MR) is 121 cm³/mol. The second-order valence-electron chi connectivity index (χ2n) is 6.70. The Kier molecular flexibility index (Phi) is 7.54. The van der Waals surface area contributed by atoms with Crippen LogP contribution in [0.2, 0.25) is 5.02 Å². The first kappa shape index (κ1) is 21.9. The lowest BCUT2D eigenvalue weighted by Crippen LogP contribution is -2.15. The summed E-state index contributed by atoms with van der Waals surface area (Å²) in [5, 5.41) is 12.5. The number of benzene rings is 2. The summed E-state index contributed by atoms with van der Waals surface area (Å²) in [4.78, 5) is 12.3. The van der Waals surface area contributed by atoms with E-state index in [1.165, 1.54) is 17.3 Å². The minimum atomic E-state index is -0.150. The van der Waals surface area contributed by atoms with Crippen LogP contribution in [0.3, 0.4) is 0 Å². The van der Waals surface area contributed by atoms with E-state index in [0.29, 0.717) is 28.2 Å². The number of thioether (sulfide) groups is 1. The van der Waals surface area contributed by atoms with Crippen molar-refractivity contribution in [3.05, 3.63) is 77.1 Å². The van der Waals surface area contributed by atoms with Crippen LogP contribution >= 0.6 is 23.4 Å². The molecule has 2 aromatic carbocycles. The zero-order valence-corrected chi connectivity index (χ0v) is 18.5. The summed E-state index contributed by atoms with van der Waals surface area (Å²) in [6.07, 6.45) is 1.76. The molecule has 1 amide bonds. The third-order valence-corrected chi connectivity index (χ3v) is 5.43. The van der Waals surface area contributed by atoms with Crippen molar-refractivity contribution in [2.45, 2.75) is 32.2 Å². The van der Waals surface area contributed by atoms with Gasteiger partial charge >= 0.3 is 0 Å². The first-order valence-electron chi connectivity index (χ1n) is 9.37. The summed E-state index contributed by atoms with van der Waals surface area (Å²) in [5.41, 5.74) is 2.91. The smallest absolute Gasteiger partial charge is 0.234 e. The Morgan fingerprint density at radius 1 is 1.27 bits per heavy atom. The minimum Gasteiger partial charge on any atom is -0.485 e. The molecule has 30 heavy (non-hydrogen) atoms. The molecule has 0 spiro atoms. The minimum absolute atomic E-state index is 0.150. The molecule has 0 atom stereocenters. The van der Waals surface area contributed by atoms with Gasteiger partial charge in [0.1, 0.15) is 12.4 Å². The maximum Gasteiger partial charge on any atom is 0.234 e. The van der Waals surface area contributed by atoms with Gasteiger partial charge in [-0.2, -0.15) is 0 Å². The maximum absolute atomic E-state index is 12.3. The van der Waals surface area contributed by atoms with E-state index in [2.05, 4.69) is 28.2 Å². The van der Waals surface area contributed by atoms with Crippen LogP contribution in [0.1, 0.15) is 17.0 Å². The second kappa shape index (κ2) is 10.3. The number of carbonyl (C=O) groups excluding carboxylic acids is 1. The van der Waals surface area contributed by atoms with Gasteiger partial charge in [-0.05, 0) is 43.7 Å². The number of hydrogen-bond donors (Lipinski definition) is 1. The monoisotopic (exact) mass is 442 g/mol. The first-order valence-corrected chi connectivity index (χ1v) is 10.7. The molecule has 8 heteroatoms. The Labute approximate surface area is 185 Å². The highest BCUT2D eigenvalue weighted by Crippen LogP contribution is 2.22. The fourth-order valence-electron chi connectivity index (χ4n) is 2.84. The highest BCUT2D eigenvalue weighted by atomic mass is 35.5. The van der Waals surface area contributed by atoms with Crippen LogP contribution in [-0.4, -0.2) is 26.4 Å². The number of aromatic nitrogens is 3. The number of allylic oxidation sites excluding steroid dienone is 1. The molecule has 1 N–H and O–H groups in total. The Bertz CT molecular complexity index is 1050. The molecule has 3 rings (SSSR count). The summed E-state index contributed by atoms with van der Waals surface area (Å²) >= 11 is 7.26. The fraction of sp³-hybridized carbons (Fsp3) is 0.227. The van der Waals surface area contributed by atoms with Gasteiger partial charge in [0.15, 0.2) is 11.0 Å². The largest absolute Gasteiger partial charge is 0.485 e. The van der Waals surface area contributed by atoms with E-state index in [1.54, 1.807) is 30.3 Å². The molecule has 0 unspecified atom stereocenters. The van der Waals surface area contributed by atoms with Gasteiger partial charge in [-0.25, -0.2) is 0 Å². The van der Waals surface area contributed by atoms with E-state index >= 15 is 0 Å². The molecule has 6 nitrogen and oxygen atoms in total.